The van der Waals surface area contributed by atoms with Crippen molar-refractivity contribution in [2.24, 2.45) is 0 Å². The van der Waals surface area contributed by atoms with Crippen LogP contribution < -0.4 is 5.32 Å². The number of hydrogen-bond acceptors (Lipinski definition) is 6. The van der Waals surface area contributed by atoms with Crippen molar-refractivity contribution in [1.29, 1.82) is 0 Å². The van der Waals surface area contributed by atoms with E-state index in [1.165, 1.54) is 11.8 Å². The van der Waals surface area contributed by atoms with Crippen molar-refractivity contribution in [2.45, 2.75) is 11.7 Å². The fourth-order valence-corrected chi connectivity index (χ4v) is 2.02. The van der Waals surface area contributed by atoms with Gasteiger partial charge in [0.2, 0.25) is 11.1 Å². The maximum absolute atomic E-state index is 11.4. The SMILES string of the molecule is C=CCNC(=O)CSc1nnnn1Cc1ccco1. The minimum absolute atomic E-state index is 0.0857. The minimum Gasteiger partial charge on any atom is -0.467 e. The van der Waals surface area contributed by atoms with Crippen molar-refractivity contribution in [1.82, 2.24) is 25.5 Å². The van der Waals surface area contributed by atoms with E-state index in [0.29, 0.717) is 18.2 Å². The third kappa shape index (κ3) is 3.95. The lowest BCUT2D eigenvalue weighted by Gasteiger charge is -2.03. The molecule has 0 spiro atoms. The zero-order chi connectivity index (χ0) is 13.5. The van der Waals surface area contributed by atoms with Crippen LogP contribution in [-0.2, 0) is 11.3 Å². The second-order valence-electron chi connectivity index (χ2n) is 3.58. The number of carbonyl (C=O) groups excluding carboxylic acids is 1. The van der Waals surface area contributed by atoms with Crippen LogP contribution in [0.3, 0.4) is 0 Å². The second kappa shape index (κ2) is 6.74. The lowest BCUT2D eigenvalue weighted by atomic mass is 10.4. The van der Waals surface area contributed by atoms with Crippen molar-refractivity contribution < 1.29 is 9.21 Å². The average Bonchev–Trinajstić information content (AvgIpc) is 3.06. The van der Waals surface area contributed by atoms with Crippen LogP contribution in [0.1, 0.15) is 5.76 Å². The van der Waals surface area contributed by atoms with Gasteiger partial charge in [0.25, 0.3) is 0 Å². The third-order valence-electron chi connectivity index (χ3n) is 2.16. The smallest absolute Gasteiger partial charge is 0.230 e. The molecule has 8 heteroatoms. The van der Waals surface area contributed by atoms with Crippen LogP contribution in [-0.4, -0.2) is 38.4 Å². The predicted octanol–water partition coefficient (Wildman–Crippen LogP) is 0.709. The molecule has 0 saturated carbocycles. The van der Waals surface area contributed by atoms with Gasteiger partial charge in [0.1, 0.15) is 12.3 Å². The maximum atomic E-state index is 11.4. The lowest BCUT2D eigenvalue weighted by molar-refractivity contribution is -0.118. The largest absolute Gasteiger partial charge is 0.467 e. The molecule has 2 heterocycles. The lowest BCUT2D eigenvalue weighted by Crippen LogP contribution is -2.25. The van der Waals surface area contributed by atoms with E-state index in [9.17, 15) is 4.79 Å². The zero-order valence-corrected chi connectivity index (χ0v) is 11.0. The minimum atomic E-state index is -0.0857. The number of furan rings is 1. The summed E-state index contributed by atoms with van der Waals surface area (Å²) in [5, 5.41) is 14.6. The first-order valence-corrected chi connectivity index (χ1v) is 6.57. The molecular weight excluding hydrogens is 266 g/mol. The highest BCUT2D eigenvalue weighted by molar-refractivity contribution is 7.99. The molecule has 1 N–H and O–H groups in total. The fraction of sp³-hybridized carbons (Fsp3) is 0.273. The Morgan fingerprint density at radius 1 is 1.63 bits per heavy atom. The quantitative estimate of drug-likeness (QED) is 0.593. The van der Waals surface area contributed by atoms with Gasteiger partial charge in [-0.15, -0.1) is 11.7 Å². The van der Waals surface area contributed by atoms with Gasteiger partial charge in [-0.2, -0.15) is 0 Å². The molecule has 0 aliphatic heterocycles. The van der Waals surface area contributed by atoms with Crippen LogP contribution in [0.25, 0.3) is 0 Å². The van der Waals surface area contributed by atoms with Crippen LogP contribution in [0.5, 0.6) is 0 Å². The van der Waals surface area contributed by atoms with E-state index in [2.05, 4.69) is 27.4 Å². The normalized spacial score (nSPS) is 10.3. The molecule has 0 aliphatic carbocycles. The number of tetrazole rings is 1. The maximum Gasteiger partial charge on any atom is 0.230 e. The fourth-order valence-electron chi connectivity index (χ4n) is 1.32. The topological polar surface area (TPSA) is 85.8 Å². The van der Waals surface area contributed by atoms with Crippen LogP contribution >= 0.6 is 11.8 Å². The molecule has 0 atom stereocenters. The number of hydrogen-bond donors (Lipinski definition) is 1. The summed E-state index contributed by atoms with van der Waals surface area (Å²) in [5.41, 5.74) is 0. The van der Waals surface area contributed by atoms with Crippen molar-refractivity contribution >= 4 is 17.7 Å². The predicted molar refractivity (Wildman–Crippen MR) is 69.6 cm³/mol. The van der Waals surface area contributed by atoms with E-state index >= 15 is 0 Å². The van der Waals surface area contributed by atoms with E-state index in [4.69, 9.17) is 4.42 Å². The number of amides is 1. The Kier molecular flexibility index (Phi) is 4.73. The summed E-state index contributed by atoms with van der Waals surface area (Å²) < 4.78 is 6.81. The summed E-state index contributed by atoms with van der Waals surface area (Å²) in [5.74, 6) is 0.925. The van der Waals surface area contributed by atoms with Crippen LogP contribution in [0, 0.1) is 0 Å². The number of thioether (sulfide) groups is 1. The van der Waals surface area contributed by atoms with Gasteiger partial charge in [-0.25, -0.2) is 4.68 Å². The monoisotopic (exact) mass is 279 g/mol. The highest BCUT2D eigenvalue weighted by Gasteiger charge is 2.10. The molecule has 0 bridgehead atoms. The Morgan fingerprint density at radius 2 is 2.53 bits per heavy atom. The van der Waals surface area contributed by atoms with Crippen LogP contribution in [0.2, 0.25) is 0 Å². The van der Waals surface area contributed by atoms with Crippen LogP contribution in [0.4, 0.5) is 0 Å². The Labute approximate surface area is 114 Å². The molecule has 100 valence electrons. The Balaban J connectivity index is 1.89. The summed E-state index contributed by atoms with van der Waals surface area (Å²) in [4.78, 5) is 11.4. The summed E-state index contributed by atoms with van der Waals surface area (Å²) in [6, 6.07) is 3.64. The Bertz CT molecular complexity index is 537. The summed E-state index contributed by atoms with van der Waals surface area (Å²) in [6.07, 6.45) is 3.22. The number of carbonyl (C=O) groups is 1. The van der Waals surface area contributed by atoms with Gasteiger partial charge in [0.05, 0.1) is 12.0 Å². The van der Waals surface area contributed by atoms with Crippen molar-refractivity contribution in [2.75, 3.05) is 12.3 Å². The number of nitrogens with zero attached hydrogens (tertiary/aromatic N) is 4. The molecule has 0 fully saturated rings. The molecular formula is C11H13N5O2S. The van der Waals surface area contributed by atoms with Gasteiger partial charge in [-0.1, -0.05) is 17.8 Å². The summed E-state index contributed by atoms with van der Waals surface area (Å²) in [6.45, 7) is 4.43. The van der Waals surface area contributed by atoms with Crippen LogP contribution in [0.15, 0.2) is 40.6 Å². The van der Waals surface area contributed by atoms with Crippen molar-refractivity contribution in [3.05, 3.63) is 36.8 Å². The van der Waals surface area contributed by atoms with E-state index in [1.807, 2.05) is 6.07 Å². The molecule has 2 rings (SSSR count). The average molecular weight is 279 g/mol. The van der Waals surface area contributed by atoms with Gasteiger partial charge in [0.15, 0.2) is 0 Å². The highest BCUT2D eigenvalue weighted by Crippen LogP contribution is 2.14. The molecule has 2 aromatic rings. The van der Waals surface area contributed by atoms with E-state index < -0.39 is 0 Å². The summed E-state index contributed by atoms with van der Waals surface area (Å²) in [7, 11) is 0. The molecule has 0 aliphatic rings. The number of nitrogens with one attached hydrogen (secondary N) is 1. The van der Waals surface area contributed by atoms with Gasteiger partial charge >= 0.3 is 0 Å². The van der Waals surface area contributed by atoms with Gasteiger partial charge < -0.3 is 9.73 Å². The number of aromatic nitrogens is 4. The highest BCUT2D eigenvalue weighted by atomic mass is 32.2. The van der Waals surface area contributed by atoms with E-state index in [-0.39, 0.29) is 11.7 Å². The molecule has 0 aromatic carbocycles. The number of rotatable bonds is 7. The zero-order valence-electron chi connectivity index (χ0n) is 10.2. The molecule has 0 radical (unpaired) electrons. The first-order chi connectivity index (χ1) is 9.29. The molecule has 1 amide bonds. The summed E-state index contributed by atoms with van der Waals surface area (Å²) >= 11 is 1.27. The molecule has 0 saturated heterocycles. The first kappa shape index (κ1) is 13.3. The van der Waals surface area contributed by atoms with Gasteiger partial charge in [-0.3, -0.25) is 4.79 Å². The van der Waals surface area contributed by atoms with Crippen molar-refractivity contribution in [3.63, 3.8) is 0 Å². The van der Waals surface area contributed by atoms with Crippen molar-refractivity contribution in [3.8, 4) is 0 Å². The van der Waals surface area contributed by atoms with E-state index in [1.54, 1.807) is 23.1 Å². The standard InChI is InChI=1S/C11H13N5O2S/c1-2-5-12-10(17)8-19-11-13-14-15-16(11)7-9-4-3-6-18-9/h2-4,6H,1,5,7-8H2,(H,12,17). The molecule has 19 heavy (non-hydrogen) atoms. The van der Waals surface area contributed by atoms with Gasteiger partial charge in [-0.05, 0) is 22.6 Å². The molecule has 0 unspecified atom stereocenters. The Morgan fingerprint density at radius 3 is 3.26 bits per heavy atom. The Hall–Kier alpha value is -2.09. The first-order valence-electron chi connectivity index (χ1n) is 5.58. The third-order valence-corrected chi connectivity index (χ3v) is 3.12. The second-order valence-corrected chi connectivity index (χ2v) is 4.52. The molecule has 7 nitrogen and oxygen atoms in total. The van der Waals surface area contributed by atoms with Gasteiger partial charge in [0, 0.05) is 6.54 Å². The molecule has 2 aromatic heterocycles. The van der Waals surface area contributed by atoms with E-state index in [0.717, 1.165) is 5.76 Å².